The summed E-state index contributed by atoms with van der Waals surface area (Å²) >= 11 is 6.12. The number of carbonyl (C=O) groups excluding carboxylic acids is 2. The lowest BCUT2D eigenvalue weighted by molar-refractivity contribution is -0.151. The molecular weight excluding hydrogens is 444 g/mol. The summed E-state index contributed by atoms with van der Waals surface area (Å²) < 4.78 is 10.7. The molecule has 0 unspecified atom stereocenters. The van der Waals surface area contributed by atoms with Crippen LogP contribution in [0.5, 0.6) is 0 Å². The molecule has 2 N–H and O–H groups in total. The molecule has 168 valence electrons. The first-order valence-electron chi connectivity index (χ1n) is 10.6. The minimum Gasteiger partial charge on any atom is -0.468 e. The molecule has 0 fully saturated rings. The molecule has 3 aromatic rings. The first-order chi connectivity index (χ1) is 15.9. The lowest BCUT2D eigenvalue weighted by atomic mass is 9.75. The third kappa shape index (κ3) is 3.49. The van der Waals surface area contributed by atoms with E-state index in [1.54, 1.807) is 18.2 Å². The number of hydrogen-bond donors (Lipinski definition) is 2. The van der Waals surface area contributed by atoms with Gasteiger partial charge in [0.15, 0.2) is 11.2 Å². The fraction of sp³-hybridized carbons (Fsp3) is 0.240. The van der Waals surface area contributed by atoms with E-state index in [9.17, 15) is 14.4 Å². The van der Waals surface area contributed by atoms with Crippen LogP contribution in [-0.4, -0.2) is 18.9 Å². The molecule has 0 bridgehead atoms. The van der Waals surface area contributed by atoms with E-state index in [4.69, 9.17) is 20.8 Å². The maximum absolute atomic E-state index is 13.7. The minimum atomic E-state index is -0.956. The number of ketones is 1. The predicted molar refractivity (Wildman–Crippen MR) is 125 cm³/mol. The first-order valence-corrected chi connectivity index (χ1v) is 11.0. The summed E-state index contributed by atoms with van der Waals surface area (Å²) in [7, 11) is 1.27. The van der Waals surface area contributed by atoms with Gasteiger partial charge in [-0.2, -0.15) is 0 Å². The van der Waals surface area contributed by atoms with Gasteiger partial charge in [0.05, 0.1) is 35.5 Å². The molecule has 5 rings (SSSR count). The van der Waals surface area contributed by atoms with Crippen LogP contribution >= 0.6 is 11.6 Å². The van der Waals surface area contributed by atoms with E-state index < -0.39 is 17.9 Å². The molecule has 2 aliphatic rings. The normalized spacial score (nSPS) is 22.0. The molecule has 0 spiro atoms. The molecule has 1 aliphatic carbocycles. The number of carbonyl (C=O) groups is 2. The third-order valence-electron chi connectivity index (χ3n) is 6.30. The zero-order valence-corrected chi connectivity index (χ0v) is 18.7. The molecule has 8 heteroatoms. The van der Waals surface area contributed by atoms with Crippen LogP contribution in [0.15, 0.2) is 69.2 Å². The number of fused-ring (bicyclic) bond motifs is 2. The first kappa shape index (κ1) is 21.3. The van der Waals surface area contributed by atoms with Gasteiger partial charge in [-0.25, -0.2) is 0 Å². The van der Waals surface area contributed by atoms with Gasteiger partial charge in [-0.15, -0.1) is 0 Å². The van der Waals surface area contributed by atoms with Crippen LogP contribution in [0.4, 0.5) is 11.4 Å². The number of rotatable bonds is 2. The van der Waals surface area contributed by atoms with Crippen molar-refractivity contribution in [3.63, 3.8) is 0 Å². The number of nitrogens with one attached hydrogen (secondary N) is 2. The highest BCUT2D eigenvalue weighted by Crippen LogP contribution is 2.43. The van der Waals surface area contributed by atoms with Crippen molar-refractivity contribution < 1.29 is 18.7 Å². The van der Waals surface area contributed by atoms with E-state index in [2.05, 4.69) is 10.6 Å². The summed E-state index contributed by atoms with van der Waals surface area (Å²) in [5.74, 6) is -2.19. The largest absolute Gasteiger partial charge is 0.468 e. The van der Waals surface area contributed by atoms with Crippen LogP contribution in [0.3, 0.4) is 0 Å². The molecule has 1 aromatic heterocycles. The Labute approximate surface area is 194 Å². The number of Topliss-reactive ketones (excluding diaryl/α,β-unsaturated/α-hetero) is 1. The van der Waals surface area contributed by atoms with Crippen LogP contribution in [0, 0.1) is 11.8 Å². The van der Waals surface area contributed by atoms with Crippen molar-refractivity contribution in [2.45, 2.75) is 19.4 Å². The van der Waals surface area contributed by atoms with Crippen LogP contribution in [0.1, 0.15) is 24.9 Å². The number of para-hydroxylation sites is 2. The van der Waals surface area contributed by atoms with Gasteiger partial charge in [-0.05, 0) is 42.7 Å². The second kappa shape index (κ2) is 8.08. The summed E-state index contributed by atoms with van der Waals surface area (Å²) in [4.78, 5) is 39.7. The lowest BCUT2D eigenvalue weighted by Crippen LogP contribution is -2.40. The summed E-state index contributed by atoms with van der Waals surface area (Å²) in [5.41, 5.74) is 2.83. The lowest BCUT2D eigenvalue weighted by Gasteiger charge is -2.32. The Kier molecular flexibility index (Phi) is 5.21. The number of anilines is 2. The number of halogens is 1. The second-order valence-corrected chi connectivity index (χ2v) is 8.78. The maximum Gasteiger partial charge on any atom is 0.316 e. The summed E-state index contributed by atoms with van der Waals surface area (Å²) in [6.07, 6.45) is 1.81. The van der Waals surface area contributed by atoms with Crippen molar-refractivity contribution in [1.29, 1.82) is 0 Å². The van der Waals surface area contributed by atoms with E-state index in [-0.39, 0.29) is 22.7 Å². The molecule has 0 saturated carbocycles. The maximum atomic E-state index is 13.7. The van der Waals surface area contributed by atoms with Crippen LogP contribution in [-0.2, 0) is 14.3 Å². The van der Waals surface area contributed by atoms with Gasteiger partial charge in [0.2, 0.25) is 0 Å². The minimum absolute atomic E-state index is 0.252. The molecule has 3 atom stereocenters. The highest BCUT2D eigenvalue weighted by molar-refractivity contribution is 6.31. The van der Waals surface area contributed by atoms with E-state index in [0.717, 1.165) is 11.4 Å². The molecule has 0 amide bonds. The molecule has 0 saturated heterocycles. The fourth-order valence-electron chi connectivity index (χ4n) is 4.68. The van der Waals surface area contributed by atoms with Gasteiger partial charge in [0.25, 0.3) is 0 Å². The van der Waals surface area contributed by atoms with Gasteiger partial charge in [-0.1, -0.05) is 30.7 Å². The molecule has 33 heavy (non-hydrogen) atoms. The fourth-order valence-corrected chi connectivity index (χ4v) is 4.86. The summed E-state index contributed by atoms with van der Waals surface area (Å²) in [6.45, 7) is 1.84. The van der Waals surface area contributed by atoms with E-state index in [0.29, 0.717) is 33.7 Å². The Morgan fingerprint density at radius 2 is 1.91 bits per heavy atom. The highest BCUT2D eigenvalue weighted by Gasteiger charge is 2.45. The molecule has 0 radical (unpaired) electrons. The summed E-state index contributed by atoms with van der Waals surface area (Å²) in [5, 5.41) is 7.41. The van der Waals surface area contributed by atoms with E-state index in [1.807, 2.05) is 31.2 Å². The van der Waals surface area contributed by atoms with Crippen molar-refractivity contribution in [2.24, 2.45) is 11.8 Å². The topological polar surface area (TPSA) is 97.6 Å². The molecule has 2 aromatic carbocycles. The third-order valence-corrected chi connectivity index (χ3v) is 6.53. The molecule has 7 nitrogen and oxygen atoms in total. The summed E-state index contributed by atoms with van der Waals surface area (Å²) in [6, 6.07) is 11.5. The van der Waals surface area contributed by atoms with E-state index in [1.165, 1.54) is 13.4 Å². The Morgan fingerprint density at radius 3 is 2.67 bits per heavy atom. The van der Waals surface area contributed by atoms with Crippen molar-refractivity contribution in [1.82, 2.24) is 0 Å². The Balaban J connectivity index is 1.74. The smallest absolute Gasteiger partial charge is 0.316 e. The number of hydrogen-bond acceptors (Lipinski definition) is 7. The van der Waals surface area contributed by atoms with Gasteiger partial charge < -0.3 is 19.8 Å². The van der Waals surface area contributed by atoms with Crippen molar-refractivity contribution in [2.75, 3.05) is 17.7 Å². The Hall–Kier alpha value is -3.58. The standard InChI is InChI=1S/C25H21ClN2O5/c1-12-9-18-21(24(30)20(12)25(31)32-2)22(28-17-6-4-3-5-16(17)27-18)15-11-33-19-8-7-13(26)10-14(19)23(15)29/h3-8,10-12,20,22,27-28H,9H2,1-2H3/t12-,20+,22-/m1/s1. The average Bonchev–Trinajstić information content (AvgIpc) is 2.96. The average molecular weight is 465 g/mol. The van der Waals surface area contributed by atoms with Crippen molar-refractivity contribution >= 4 is 45.7 Å². The van der Waals surface area contributed by atoms with Crippen LogP contribution in [0.25, 0.3) is 11.0 Å². The highest BCUT2D eigenvalue weighted by atomic mass is 35.5. The number of allylic oxidation sites excluding steroid dienone is 1. The number of ether oxygens (including phenoxy) is 1. The van der Waals surface area contributed by atoms with Gasteiger partial charge >= 0.3 is 5.97 Å². The van der Waals surface area contributed by atoms with Gasteiger partial charge in [0, 0.05) is 16.3 Å². The Morgan fingerprint density at radius 1 is 1.15 bits per heavy atom. The molecule has 1 aliphatic heterocycles. The monoisotopic (exact) mass is 464 g/mol. The van der Waals surface area contributed by atoms with E-state index >= 15 is 0 Å². The molecular formula is C25H21ClN2O5. The zero-order valence-electron chi connectivity index (χ0n) is 18.0. The Bertz CT molecular complexity index is 1390. The van der Waals surface area contributed by atoms with Crippen molar-refractivity contribution in [3.05, 3.63) is 80.8 Å². The molecule has 2 heterocycles. The number of esters is 1. The predicted octanol–water partition coefficient (Wildman–Crippen LogP) is 4.68. The zero-order chi connectivity index (χ0) is 23.3. The number of benzene rings is 2. The van der Waals surface area contributed by atoms with Gasteiger partial charge in [-0.3, -0.25) is 14.4 Å². The second-order valence-electron chi connectivity index (χ2n) is 8.35. The van der Waals surface area contributed by atoms with Crippen molar-refractivity contribution in [3.8, 4) is 0 Å². The van der Waals surface area contributed by atoms with Crippen LogP contribution in [0.2, 0.25) is 5.02 Å². The SMILES string of the molecule is COC(=O)[C@@H]1C(=O)C2=C(C[C@H]1C)Nc1ccccc1N[C@@H]2c1coc2ccc(Cl)cc2c1=O. The number of methoxy groups -OCH3 is 1. The quantitative estimate of drug-likeness (QED) is 0.420. The van der Waals surface area contributed by atoms with Gasteiger partial charge in [0.1, 0.15) is 17.8 Å². The van der Waals surface area contributed by atoms with Crippen LogP contribution < -0.4 is 16.1 Å².